The predicted octanol–water partition coefficient (Wildman–Crippen LogP) is 0.666. The highest BCUT2D eigenvalue weighted by molar-refractivity contribution is 7.99. The molecule has 0 radical (unpaired) electrons. The Balaban J connectivity index is 2.27. The summed E-state index contributed by atoms with van der Waals surface area (Å²) in [6.45, 7) is 4.12. The van der Waals surface area contributed by atoms with Gasteiger partial charge in [-0.2, -0.15) is 0 Å². The standard InChI is InChI=1S/C9H16N4O3S/c1-2-5-16-6-3-4-13-9(10-11-12-13)17-7-8(14)15/h2-7H2,1H3,(H,14,15). The zero-order chi connectivity index (χ0) is 12.5. The van der Waals surface area contributed by atoms with E-state index in [1.54, 1.807) is 4.68 Å². The van der Waals surface area contributed by atoms with Gasteiger partial charge in [0.1, 0.15) is 0 Å². The third-order valence-electron chi connectivity index (χ3n) is 1.83. The van der Waals surface area contributed by atoms with Crippen LogP contribution in [0.15, 0.2) is 5.16 Å². The smallest absolute Gasteiger partial charge is 0.313 e. The van der Waals surface area contributed by atoms with Crippen molar-refractivity contribution in [1.29, 1.82) is 0 Å². The summed E-state index contributed by atoms with van der Waals surface area (Å²) in [7, 11) is 0. The Kier molecular flexibility index (Phi) is 6.56. The number of carboxylic acid groups (broad SMARTS) is 1. The second-order valence-electron chi connectivity index (χ2n) is 3.33. The molecule has 0 aliphatic heterocycles. The molecule has 1 heterocycles. The number of aryl methyl sites for hydroxylation is 1. The lowest BCUT2D eigenvalue weighted by atomic mass is 10.4. The number of ether oxygens (including phenoxy) is 1. The van der Waals surface area contributed by atoms with Crippen molar-refractivity contribution in [2.24, 2.45) is 0 Å². The molecule has 0 bridgehead atoms. The van der Waals surface area contributed by atoms with Crippen molar-refractivity contribution in [2.45, 2.75) is 31.5 Å². The van der Waals surface area contributed by atoms with E-state index in [2.05, 4.69) is 22.4 Å². The molecule has 0 amide bonds. The van der Waals surface area contributed by atoms with Crippen molar-refractivity contribution in [3.05, 3.63) is 0 Å². The summed E-state index contributed by atoms with van der Waals surface area (Å²) in [6, 6.07) is 0. The quantitative estimate of drug-likeness (QED) is 0.515. The number of aromatic nitrogens is 4. The minimum atomic E-state index is -0.879. The summed E-state index contributed by atoms with van der Waals surface area (Å²) in [5.74, 6) is -0.914. The molecule has 7 nitrogen and oxygen atoms in total. The molecule has 1 N–H and O–H groups in total. The number of hydrogen-bond donors (Lipinski definition) is 1. The highest BCUT2D eigenvalue weighted by Crippen LogP contribution is 2.13. The summed E-state index contributed by atoms with van der Waals surface area (Å²) >= 11 is 1.12. The van der Waals surface area contributed by atoms with Crippen LogP contribution in [0, 0.1) is 0 Å². The first-order chi connectivity index (χ1) is 8.24. The second kappa shape index (κ2) is 8.02. The SMILES string of the molecule is CCCOCCCn1nnnc1SCC(=O)O. The van der Waals surface area contributed by atoms with Crippen molar-refractivity contribution in [1.82, 2.24) is 20.2 Å². The van der Waals surface area contributed by atoms with Crippen molar-refractivity contribution in [3.8, 4) is 0 Å². The summed E-state index contributed by atoms with van der Waals surface area (Å²) in [4.78, 5) is 10.4. The first-order valence-corrected chi connectivity index (χ1v) is 6.41. The van der Waals surface area contributed by atoms with E-state index < -0.39 is 5.97 Å². The van der Waals surface area contributed by atoms with Gasteiger partial charge in [0.05, 0.1) is 5.75 Å². The number of hydrogen-bond acceptors (Lipinski definition) is 6. The summed E-state index contributed by atoms with van der Waals surface area (Å²) in [5, 5.41) is 20.2. The van der Waals surface area contributed by atoms with Gasteiger partial charge in [0, 0.05) is 19.8 Å². The number of nitrogens with zero attached hydrogens (tertiary/aromatic N) is 4. The molecule has 0 atom stereocenters. The van der Waals surface area contributed by atoms with Crippen molar-refractivity contribution in [2.75, 3.05) is 19.0 Å². The lowest BCUT2D eigenvalue weighted by molar-refractivity contribution is -0.133. The van der Waals surface area contributed by atoms with Gasteiger partial charge < -0.3 is 9.84 Å². The van der Waals surface area contributed by atoms with Crippen LogP contribution in [0.2, 0.25) is 0 Å². The third kappa shape index (κ3) is 5.64. The van der Waals surface area contributed by atoms with Gasteiger partial charge in [0.15, 0.2) is 0 Å². The van der Waals surface area contributed by atoms with E-state index in [-0.39, 0.29) is 5.75 Å². The molecular formula is C9H16N4O3S. The predicted molar refractivity (Wildman–Crippen MR) is 61.9 cm³/mol. The number of carboxylic acids is 1. The zero-order valence-electron chi connectivity index (χ0n) is 9.70. The van der Waals surface area contributed by atoms with Gasteiger partial charge in [0.2, 0.25) is 5.16 Å². The number of rotatable bonds is 9. The van der Waals surface area contributed by atoms with Gasteiger partial charge in [-0.3, -0.25) is 4.79 Å². The van der Waals surface area contributed by atoms with Gasteiger partial charge in [-0.25, -0.2) is 4.68 Å². The number of carbonyl (C=O) groups is 1. The van der Waals surface area contributed by atoms with Crippen LogP contribution in [0.1, 0.15) is 19.8 Å². The van der Waals surface area contributed by atoms with Crippen LogP contribution in [-0.4, -0.2) is 50.2 Å². The molecule has 0 unspecified atom stereocenters. The van der Waals surface area contributed by atoms with Gasteiger partial charge in [-0.1, -0.05) is 18.7 Å². The van der Waals surface area contributed by atoms with E-state index in [1.807, 2.05) is 0 Å². The monoisotopic (exact) mass is 260 g/mol. The molecular weight excluding hydrogens is 244 g/mol. The highest BCUT2D eigenvalue weighted by atomic mass is 32.2. The van der Waals surface area contributed by atoms with Gasteiger partial charge in [-0.15, -0.1) is 5.10 Å². The molecule has 1 aromatic heterocycles. The Morgan fingerprint density at radius 1 is 1.53 bits per heavy atom. The van der Waals surface area contributed by atoms with Crippen LogP contribution < -0.4 is 0 Å². The molecule has 17 heavy (non-hydrogen) atoms. The van der Waals surface area contributed by atoms with Gasteiger partial charge in [-0.05, 0) is 23.3 Å². The van der Waals surface area contributed by atoms with Crippen molar-refractivity contribution >= 4 is 17.7 Å². The Bertz CT molecular complexity index is 345. The molecule has 0 saturated carbocycles. The maximum Gasteiger partial charge on any atom is 0.313 e. The fourth-order valence-corrected chi connectivity index (χ4v) is 1.75. The van der Waals surface area contributed by atoms with Crippen LogP contribution in [0.3, 0.4) is 0 Å². The average molecular weight is 260 g/mol. The largest absolute Gasteiger partial charge is 0.481 e. The van der Waals surface area contributed by atoms with Crippen LogP contribution in [-0.2, 0) is 16.1 Å². The molecule has 0 aromatic carbocycles. The van der Waals surface area contributed by atoms with E-state index in [0.717, 1.165) is 31.2 Å². The Morgan fingerprint density at radius 3 is 3.06 bits per heavy atom. The summed E-state index contributed by atoms with van der Waals surface area (Å²) in [6.07, 6.45) is 1.82. The maximum atomic E-state index is 10.4. The zero-order valence-corrected chi connectivity index (χ0v) is 10.5. The lowest BCUT2D eigenvalue weighted by Crippen LogP contribution is -2.07. The Morgan fingerprint density at radius 2 is 2.35 bits per heavy atom. The fraction of sp³-hybridized carbons (Fsp3) is 0.778. The second-order valence-corrected chi connectivity index (χ2v) is 4.28. The molecule has 0 fully saturated rings. The third-order valence-corrected chi connectivity index (χ3v) is 2.77. The fourth-order valence-electron chi connectivity index (χ4n) is 1.13. The highest BCUT2D eigenvalue weighted by Gasteiger charge is 2.08. The van der Waals surface area contributed by atoms with Crippen molar-refractivity contribution in [3.63, 3.8) is 0 Å². The molecule has 0 aliphatic rings. The molecule has 1 rings (SSSR count). The molecule has 96 valence electrons. The van der Waals surface area contributed by atoms with E-state index in [0.29, 0.717) is 18.3 Å². The first-order valence-electron chi connectivity index (χ1n) is 5.42. The van der Waals surface area contributed by atoms with Gasteiger partial charge in [0.25, 0.3) is 0 Å². The molecule has 0 spiro atoms. The normalized spacial score (nSPS) is 10.6. The lowest BCUT2D eigenvalue weighted by Gasteiger charge is -2.04. The molecule has 8 heteroatoms. The van der Waals surface area contributed by atoms with Crippen LogP contribution >= 0.6 is 11.8 Å². The van der Waals surface area contributed by atoms with E-state index in [4.69, 9.17) is 9.84 Å². The number of thioether (sulfide) groups is 1. The van der Waals surface area contributed by atoms with Crippen molar-refractivity contribution < 1.29 is 14.6 Å². The van der Waals surface area contributed by atoms with Crippen LogP contribution in [0.4, 0.5) is 0 Å². The minimum absolute atomic E-state index is 0.0350. The van der Waals surface area contributed by atoms with Gasteiger partial charge >= 0.3 is 5.97 Å². The minimum Gasteiger partial charge on any atom is -0.481 e. The van der Waals surface area contributed by atoms with Crippen LogP contribution in [0.25, 0.3) is 0 Å². The van der Waals surface area contributed by atoms with E-state index in [9.17, 15) is 4.79 Å². The molecule has 0 aliphatic carbocycles. The Labute approximate surface area is 104 Å². The van der Waals surface area contributed by atoms with E-state index >= 15 is 0 Å². The first kappa shape index (κ1) is 13.9. The van der Waals surface area contributed by atoms with Crippen LogP contribution in [0.5, 0.6) is 0 Å². The number of aliphatic carboxylic acids is 1. The summed E-state index contributed by atoms with van der Waals surface area (Å²) in [5.41, 5.74) is 0. The number of tetrazole rings is 1. The van der Waals surface area contributed by atoms with E-state index in [1.165, 1.54) is 0 Å². The Hall–Kier alpha value is -1.15. The maximum absolute atomic E-state index is 10.4. The summed E-state index contributed by atoms with van der Waals surface area (Å²) < 4.78 is 6.94. The molecule has 0 saturated heterocycles. The average Bonchev–Trinajstić information content (AvgIpc) is 2.73. The molecule has 1 aromatic rings. The topological polar surface area (TPSA) is 90.1 Å².